The highest BCUT2D eigenvalue weighted by atomic mass is 127. The van der Waals surface area contributed by atoms with E-state index in [2.05, 4.69) is 15.6 Å². The Morgan fingerprint density at radius 1 is 1.12 bits per heavy atom. The van der Waals surface area contributed by atoms with Crippen molar-refractivity contribution in [2.45, 2.75) is 40.2 Å². The van der Waals surface area contributed by atoms with Gasteiger partial charge in [0.1, 0.15) is 5.60 Å². The van der Waals surface area contributed by atoms with Crippen LogP contribution in [-0.2, 0) is 4.74 Å². The van der Waals surface area contributed by atoms with Crippen molar-refractivity contribution < 1.29 is 23.7 Å². The first kappa shape index (κ1) is 29.9. The zero-order valence-corrected chi connectivity index (χ0v) is 23.0. The molecule has 0 fully saturated rings. The first-order valence-corrected chi connectivity index (χ1v) is 10.3. The van der Waals surface area contributed by atoms with Crippen LogP contribution >= 0.6 is 24.0 Å². The van der Waals surface area contributed by atoms with Gasteiger partial charge >= 0.3 is 6.09 Å². The Hall–Kier alpha value is -2.11. The molecule has 2 N–H and O–H groups in total. The second-order valence-corrected chi connectivity index (χ2v) is 8.22. The second-order valence-electron chi connectivity index (χ2n) is 8.22. The summed E-state index contributed by atoms with van der Waals surface area (Å²) in [5, 5.41) is 6.48. The van der Waals surface area contributed by atoms with Gasteiger partial charge < -0.3 is 34.5 Å². The van der Waals surface area contributed by atoms with Gasteiger partial charge in [-0.05, 0) is 33.6 Å². The molecule has 32 heavy (non-hydrogen) atoms. The van der Waals surface area contributed by atoms with E-state index in [1.807, 2.05) is 46.8 Å². The number of aliphatic imine (C=N–C) groups is 1. The Morgan fingerprint density at radius 3 is 2.12 bits per heavy atom. The van der Waals surface area contributed by atoms with Crippen molar-refractivity contribution in [2.75, 3.05) is 53.3 Å². The Balaban J connectivity index is 0.00000961. The van der Waals surface area contributed by atoms with Crippen LogP contribution < -0.4 is 24.8 Å². The first-order valence-electron chi connectivity index (χ1n) is 10.3. The van der Waals surface area contributed by atoms with Gasteiger partial charge in [0.2, 0.25) is 5.75 Å². The minimum atomic E-state index is -0.519. The van der Waals surface area contributed by atoms with Gasteiger partial charge in [0.05, 0.1) is 21.3 Å². The van der Waals surface area contributed by atoms with Crippen molar-refractivity contribution >= 4 is 41.7 Å². The Bertz CT molecular complexity index is 727. The zero-order valence-electron chi connectivity index (χ0n) is 20.7. The van der Waals surface area contributed by atoms with Gasteiger partial charge in [-0.2, -0.15) is 0 Å². The molecule has 0 saturated carbocycles. The van der Waals surface area contributed by atoms with Crippen molar-refractivity contribution in [2.24, 2.45) is 10.9 Å². The zero-order chi connectivity index (χ0) is 23.6. The number of halogens is 1. The second kappa shape index (κ2) is 14.1. The molecule has 0 aliphatic carbocycles. The quantitative estimate of drug-likeness (QED) is 0.263. The van der Waals surface area contributed by atoms with Gasteiger partial charge in [-0.25, -0.2) is 4.79 Å². The van der Waals surface area contributed by atoms with Crippen LogP contribution in [0.3, 0.4) is 0 Å². The monoisotopic (exact) mass is 566 g/mol. The van der Waals surface area contributed by atoms with Crippen LogP contribution in [-0.4, -0.2) is 70.6 Å². The SMILES string of the molecule is CCNC(=NCC(C)CN(C)C(=O)OC(C)(C)C)Nc1cc(OC)c(OC)c(OC)c1.I. The highest BCUT2D eigenvalue weighted by Crippen LogP contribution is 2.39. The molecule has 0 aliphatic rings. The summed E-state index contributed by atoms with van der Waals surface area (Å²) >= 11 is 0. The van der Waals surface area contributed by atoms with Crippen molar-refractivity contribution in [1.29, 1.82) is 0 Å². The summed E-state index contributed by atoms with van der Waals surface area (Å²) in [4.78, 5) is 18.4. The van der Waals surface area contributed by atoms with E-state index in [0.717, 1.165) is 5.69 Å². The summed E-state index contributed by atoms with van der Waals surface area (Å²) in [6.07, 6.45) is -0.342. The van der Waals surface area contributed by atoms with Crippen LogP contribution in [0, 0.1) is 5.92 Å². The summed E-state index contributed by atoms with van der Waals surface area (Å²) in [5.74, 6) is 2.37. The number of ether oxygens (including phenoxy) is 4. The molecule has 1 unspecified atom stereocenters. The summed E-state index contributed by atoms with van der Waals surface area (Å²) in [6, 6.07) is 3.63. The number of guanidine groups is 1. The maximum Gasteiger partial charge on any atom is 0.410 e. The molecule has 0 saturated heterocycles. The number of nitrogens with one attached hydrogen (secondary N) is 2. The lowest BCUT2D eigenvalue weighted by Gasteiger charge is -2.26. The van der Waals surface area contributed by atoms with Crippen LogP contribution in [0.15, 0.2) is 17.1 Å². The van der Waals surface area contributed by atoms with E-state index >= 15 is 0 Å². The highest BCUT2D eigenvalue weighted by Gasteiger charge is 2.21. The lowest BCUT2D eigenvalue weighted by Crippen LogP contribution is -2.37. The third kappa shape index (κ3) is 10.0. The molecular formula is C22H39IN4O5. The van der Waals surface area contributed by atoms with Gasteiger partial charge in [0.25, 0.3) is 0 Å². The molecule has 10 heteroatoms. The van der Waals surface area contributed by atoms with Gasteiger partial charge in [0, 0.05) is 44.5 Å². The molecule has 0 heterocycles. The highest BCUT2D eigenvalue weighted by molar-refractivity contribution is 14.0. The van der Waals surface area contributed by atoms with Crippen molar-refractivity contribution in [3.05, 3.63) is 12.1 Å². The number of carbonyl (C=O) groups excluding carboxylic acids is 1. The topological polar surface area (TPSA) is 93.7 Å². The largest absolute Gasteiger partial charge is 0.493 e. The number of nitrogens with zero attached hydrogens (tertiary/aromatic N) is 2. The molecule has 1 atom stereocenters. The van der Waals surface area contributed by atoms with Gasteiger partial charge in [-0.3, -0.25) is 4.99 Å². The number of hydrogen-bond acceptors (Lipinski definition) is 6. The standard InChI is InChI=1S/C22H38N4O5.HI/c1-10-23-20(24-13-15(2)14-26(6)21(27)31-22(3,4)5)25-16-11-17(28-7)19(30-9)18(12-16)29-8;/h11-12,15H,10,13-14H2,1-9H3,(H2,23,24,25);1H. The molecule has 0 bridgehead atoms. The van der Waals surface area contributed by atoms with E-state index in [0.29, 0.717) is 42.8 Å². The van der Waals surface area contributed by atoms with E-state index in [9.17, 15) is 4.79 Å². The third-order valence-corrected chi connectivity index (χ3v) is 4.12. The molecule has 1 aromatic carbocycles. The summed E-state index contributed by atoms with van der Waals surface area (Å²) < 4.78 is 21.6. The predicted molar refractivity (Wildman–Crippen MR) is 139 cm³/mol. The lowest BCUT2D eigenvalue weighted by atomic mass is 10.2. The fourth-order valence-electron chi connectivity index (χ4n) is 2.78. The molecule has 0 radical (unpaired) electrons. The fourth-order valence-corrected chi connectivity index (χ4v) is 2.78. The molecule has 1 aromatic rings. The van der Waals surface area contributed by atoms with Crippen LogP contribution in [0.25, 0.3) is 0 Å². The van der Waals surface area contributed by atoms with Crippen LogP contribution in [0.5, 0.6) is 17.2 Å². The average molecular weight is 566 g/mol. The van der Waals surface area contributed by atoms with Crippen molar-refractivity contribution in [3.63, 3.8) is 0 Å². The minimum absolute atomic E-state index is 0. The van der Waals surface area contributed by atoms with Crippen LogP contribution in [0.4, 0.5) is 10.5 Å². The Labute approximate surface area is 209 Å². The van der Waals surface area contributed by atoms with Crippen LogP contribution in [0.1, 0.15) is 34.6 Å². The minimum Gasteiger partial charge on any atom is -0.493 e. The number of methoxy groups -OCH3 is 3. The molecular weight excluding hydrogens is 527 g/mol. The summed E-state index contributed by atoms with van der Waals surface area (Å²) in [6.45, 7) is 11.3. The molecule has 0 aliphatic heterocycles. The number of amides is 1. The van der Waals surface area contributed by atoms with E-state index in [-0.39, 0.29) is 36.0 Å². The van der Waals surface area contributed by atoms with Gasteiger partial charge in [0.15, 0.2) is 17.5 Å². The van der Waals surface area contributed by atoms with Gasteiger partial charge in [-0.1, -0.05) is 6.92 Å². The average Bonchev–Trinajstić information content (AvgIpc) is 2.69. The Kier molecular flexibility index (Phi) is 13.2. The van der Waals surface area contributed by atoms with Crippen molar-refractivity contribution in [1.82, 2.24) is 10.2 Å². The number of hydrogen-bond donors (Lipinski definition) is 2. The van der Waals surface area contributed by atoms with Crippen LogP contribution in [0.2, 0.25) is 0 Å². The number of carbonyl (C=O) groups is 1. The smallest absolute Gasteiger partial charge is 0.410 e. The fraction of sp³-hybridized carbons (Fsp3) is 0.636. The molecule has 1 rings (SSSR count). The first-order chi connectivity index (χ1) is 14.5. The molecule has 184 valence electrons. The van der Waals surface area contributed by atoms with E-state index in [1.54, 1.807) is 33.3 Å². The summed E-state index contributed by atoms with van der Waals surface area (Å²) in [7, 11) is 6.44. The maximum atomic E-state index is 12.2. The molecule has 1 amide bonds. The number of anilines is 1. The molecule has 0 spiro atoms. The van der Waals surface area contributed by atoms with Gasteiger partial charge in [-0.15, -0.1) is 24.0 Å². The number of rotatable bonds is 9. The number of benzene rings is 1. The predicted octanol–water partition coefficient (Wildman–Crippen LogP) is 4.21. The van der Waals surface area contributed by atoms with Crippen molar-refractivity contribution in [3.8, 4) is 17.2 Å². The third-order valence-electron chi connectivity index (χ3n) is 4.12. The lowest BCUT2D eigenvalue weighted by molar-refractivity contribution is 0.0279. The van der Waals surface area contributed by atoms with E-state index in [4.69, 9.17) is 18.9 Å². The Morgan fingerprint density at radius 2 is 1.69 bits per heavy atom. The van der Waals surface area contributed by atoms with E-state index in [1.165, 1.54) is 0 Å². The molecule has 9 nitrogen and oxygen atoms in total. The normalized spacial score (nSPS) is 12.2. The molecule has 0 aromatic heterocycles. The maximum absolute atomic E-state index is 12.2. The van der Waals surface area contributed by atoms with E-state index < -0.39 is 5.60 Å². The summed E-state index contributed by atoms with van der Waals surface area (Å²) in [5.41, 5.74) is 0.225.